The van der Waals surface area contributed by atoms with Crippen LogP contribution < -0.4 is 21.1 Å². The molecule has 45 heavy (non-hydrogen) atoms. The first-order chi connectivity index (χ1) is 21.5. The first kappa shape index (κ1) is 30.9. The molecule has 1 unspecified atom stereocenters. The van der Waals surface area contributed by atoms with Crippen LogP contribution in [0.3, 0.4) is 0 Å². The van der Waals surface area contributed by atoms with E-state index in [4.69, 9.17) is 17.3 Å². The number of aromatic nitrogens is 2. The van der Waals surface area contributed by atoms with Crippen molar-refractivity contribution in [2.45, 2.75) is 55.8 Å². The lowest BCUT2D eigenvalue weighted by Crippen LogP contribution is -2.55. The summed E-state index contributed by atoms with van der Waals surface area (Å²) in [6.07, 6.45) is 2.83. The molecular formula is C32H34ClN7O4S. The Labute approximate surface area is 266 Å². The predicted octanol–water partition coefficient (Wildman–Crippen LogP) is 3.77. The van der Waals surface area contributed by atoms with Gasteiger partial charge in [-0.1, -0.05) is 60.1 Å². The van der Waals surface area contributed by atoms with Crippen LogP contribution in [0.15, 0.2) is 71.6 Å². The molecule has 1 aromatic heterocycles. The van der Waals surface area contributed by atoms with Crippen LogP contribution in [0, 0.1) is 6.92 Å². The monoisotopic (exact) mass is 647 g/mol. The van der Waals surface area contributed by atoms with E-state index in [1.807, 2.05) is 29.2 Å². The minimum atomic E-state index is -3.74. The van der Waals surface area contributed by atoms with E-state index in [1.54, 1.807) is 49.4 Å². The van der Waals surface area contributed by atoms with Crippen molar-refractivity contribution >= 4 is 50.0 Å². The number of carbonyl (C=O) groups excluding carboxylic acids is 2. The Morgan fingerprint density at radius 2 is 1.73 bits per heavy atom. The van der Waals surface area contributed by atoms with Gasteiger partial charge in [0, 0.05) is 36.1 Å². The smallest absolute Gasteiger partial charge is 0.274 e. The summed E-state index contributed by atoms with van der Waals surface area (Å²) in [6.45, 7) is 2.92. The molecule has 0 aliphatic carbocycles. The van der Waals surface area contributed by atoms with Gasteiger partial charge in [0.15, 0.2) is 16.7 Å². The maximum absolute atomic E-state index is 13.3. The number of likely N-dealkylation sites (tertiary alicyclic amines) is 1. The zero-order chi connectivity index (χ0) is 31.8. The van der Waals surface area contributed by atoms with Crippen LogP contribution in [0.4, 0.5) is 5.82 Å². The Kier molecular flexibility index (Phi) is 8.49. The van der Waals surface area contributed by atoms with Crippen molar-refractivity contribution < 1.29 is 18.0 Å². The number of sulfonamides is 1. The van der Waals surface area contributed by atoms with Gasteiger partial charge in [0.05, 0.1) is 16.8 Å². The summed E-state index contributed by atoms with van der Waals surface area (Å²) in [5.74, 6) is -0.473. The van der Waals surface area contributed by atoms with E-state index in [9.17, 15) is 18.0 Å². The van der Waals surface area contributed by atoms with Crippen molar-refractivity contribution in [3.05, 3.63) is 94.4 Å². The Morgan fingerprint density at radius 3 is 2.49 bits per heavy atom. The zero-order valence-electron chi connectivity index (χ0n) is 24.7. The molecule has 5 N–H and O–H groups in total. The lowest BCUT2D eigenvalue weighted by atomic mass is 9.86. The molecule has 4 aromatic rings. The molecule has 0 radical (unpaired) electrons. The second kappa shape index (κ2) is 12.4. The number of carbonyl (C=O) groups is 2. The number of aryl methyl sites for hydroxylation is 1. The number of anilines is 1. The largest absolute Gasteiger partial charge is 0.382 e. The first-order valence-corrected chi connectivity index (χ1v) is 16.6. The maximum Gasteiger partial charge on any atom is 0.274 e. The second-order valence-corrected chi connectivity index (χ2v) is 13.7. The fraction of sp³-hybridized carbons (Fsp3) is 0.312. The summed E-state index contributed by atoms with van der Waals surface area (Å²) >= 11 is 6.04. The molecule has 2 amide bonds. The number of nitrogens with one attached hydrogen (secondary N) is 3. The number of fused-ring (bicyclic) bond motifs is 1. The molecule has 1 atom stereocenters. The fourth-order valence-electron chi connectivity index (χ4n) is 6.12. The van der Waals surface area contributed by atoms with Gasteiger partial charge in [-0.15, -0.1) is 0 Å². The van der Waals surface area contributed by atoms with Gasteiger partial charge in [-0.3, -0.25) is 14.9 Å². The minimum absolute atomic E-state index is 0.00186. The number of hydrogen-bond acceptors (Lipinski definition) is 8. The number of amides is 2. The van der Waals surface area contributed by atoms with Crippen molar-refractivity contribution in [1.29, 1.82) is 0 Å². The van der Waals surface area contributed by atoms with Crippen molar-refractivity contribution in [3.63, 3.8) is 0 Å². The van der Waals surface area contributed by atoms with E-state index in [0.717, 1.165) is 36.6 Å². The van der Waals surface area contributed by atoms with Crippen LogP contribution in [0.25, 0.3) is 10.8 Å². The van der Waals surface area contributed by atoms with Gasteiger partial charge in [-0.25, -0.2) is 23.1 Å². The maximum atomic E-state index is 13.3. The summed E-state index contributed by atoms with van der Waals surface area (Å²) in [4.78, 5) is 36.3. The Morgan fingerprint density at radius 1 is 1.02 bits per heavy atom. The van der Waals surface area contributed by atoms with Gasteiger partial charge in [-0.2, -0.15) is 0 Å². The number of hydrogen-bond donors (Lipinski definition) is 4. The predicted molar refractivity (Wildman–Crippen MR) is 172 cm³/mol. The zero-order valence-corrected chi connectivity index (χ0v) is 26.3. The molecule has 11 nitrogen and oxygen atoms in total. The van der Waals surface area contributed by atoms with Crippen molar-refractivity contribution in [1.82, 2.24) is 30.2 Å². The summed E-state index contributed by atoms with van der Waals surface area (Å²) < 4.78 is 28.8. The van der Waals surface area contributed by atoms with Crippen LogP contribution in [-0.2, 0) is 16.6 Å². The third-order valence-electron chi connectivity index (χ3n) is 8.67. The summed E-state index contributed by atoms with van der Waals surface area (Å²) in [5, 5.41) is 8.16. The summed E-state index contributed by atoms with van der Waals surface area (Å²) in [6, 6.07) is 19.6. The highest BCUT2D eigenvalue weighted by molar-refractivity contribution is 7.89. The fourth-order valence-corrected chi connectivity index (χ4v) is 7.49. The average molecular weight is 648 g/mol. The third kappa shape index (κ3) is 6.50. The van der Waals surface area contributed by atoms with Crippen molar-refractivity contribution in [2.75, 3.05) is 18.8 Å². The molecule has 6 rings (SSSR count). The number of nitrogen functional groups attached to an aromatic ring is 1. The molecular weight excluding hydrogens is 614 g/mol. The molecule has 0 bridgehead atoms. The van der Waals surface area contributed by atoms with E-state index >= 15 is 0 Å². The normalized spacial score (nSPS) is 17.9. The highest BCUT2D eigenvalue weighted by Crippen LogP contribution is 2.33. The highest BCUT2D eigenvalue weighted by atomic mass is 35.5. The van der Waals surface area contributed by atoms with E-state index in [1.165, 1.54) is 0 Å². The van der Waals surface area contributed by atoms with Crippen molar-refractivity contribution in [3.8, 4) is 0 Å². The van der Waals surface area contributed by atoms with Gasteiger partial charge >= 0.3 is 0 Å². The lowest BCUT2D eigenvalue weighted by molar-refractivity contribution is 0.0651. The quantitative estimate of drug-likeness (QED) is 0.236. The molecule has 2 fully saturated rings. The van der Waals surface area contributed by atoms with Crippen molar-refractivity contribution in [2.24, 2.45) is 0 Å². The summed E-state index contributed by atoms with van der Waals surface area (Å²) in [5.41, 5.74) is 7.47. The van der Waals surface area contributed by atoms with Crippen LogP contribution >= 0.6 is 11.6 Å². The molecule has 2 aliphatic heterocycles. The summed E-state index contributed by atoms with van der Waals surface area (Å²) in [7, 11) is -3.74. The van der Waals surface area contributed by atoms with Crippen LogP contribution in [0.5, 0.6) is 0 Å². The molecule has 2 aliphatic rings. The van der Waals surface area contributed by atoms with Gasteiger partial charge in [0.2, 0.25) is 10.0 Å². The molecule has 3 aromatic carbocycles. The number of nitrogens with zero attached hydrogens (tertiary/aromatic N) is 3. The van der Waals surface area contributed by atoms with Crippen LogP contribution in [-0.4, -0.2) is 59.9 Å². The van der Waals surface area contributed by atoms with Gasteiger partial charge in [-0.05, 0) is 61.8 Å². The van der Waals surface area contributed by atoms with Crippen LogP contribution in [0.1, 0.15) is 57.8 Å². The highest BCUT2D eigenvalue weighted by Gasteiger charge is 2.42. The van der Waals surface area contributed by atoms with Gasteiger partial charge in [0.25, 0.3) is 11.8 Å². The molecule has 2 saturated heterocycles. The first-order valence-electron chi connectivity index (χ1n) is 14.8. The van der Waals surface area contributed by atoms with Gasteiger partial charge in [0.1, 0.15) is 0 Å². The average Bonchev–Trinajstić information content (AvgIpc) is 3.43. The number of nitrogens with two attached hydrogens (primary N) is 1. The Bertz CT molecular complexity index is 1870. The SMILES string of the molecule is Cc1nc(N)c(C(=O)NC2CCC3(CCN(C(=O)c4ccc(CNS(=O)(=O)c5cccc6ccccc56)cc4)CC3)N2)nc1Cl. The third-order valence-corrected chi connectivity index (χ3v) is 10.5. The number of piperidine rings is 1. The molecule has 1 spiro atoms. The topological polar surface area (TPSA) is 159 Å². The lowest BCUT2D eigenvalue weighted by Gasteiger charge is -2.40. The number of halogens is 1. The molecule has 13 heteroatoms. The minimum Gasteiger partial charge on any atom is -0.382 e. The molecule has 0 saturated carbocycles. The molecule has 234 valence electrons. The van der Waals surface area contributed by atoms with E-state index in [0.29, 0.717) is 29.7 Å². The number of rotatable bonds is 7. The number of benzene rings is 3. The Balaban J connectivity index is 1.01. The van der Waals surface area contributed by atoms with E-state index in [2.05, 4.69) is 25.3 Å². The van der Waals surface area contributed by atoms with E-state index < -0.39 is 15.9 Å². The van der Waals surface area contributed by atoms with E-state index in [-0.39, 0.29) is 45.7 Å². The van der Waals surface area contributed by atoms with Gasteiger partial charge < -0.3 is 16.0 Å². The standard InChI is InChI=1S/C32H34ClN7O4S/c1-20-28(33)38-27(29(34)36-20)30(41)37-26-13-14-32(39-26)15-17-40(18-16-32)31(42)23-11-9-21(10-12-23)19-35-45(43,44)25-8-4-6-22-5-2-3-7-24(22)25/h2-12,26,35,39H,13-19H2,1H3,(H2,34,36)(H,37,41). The second-order valence-electron chi connectivity index (χ2n) is 11.6. The van der Waals surface area contributed by atoms with Crippen LogP contribution in [0.2, 0.25) is 5.15 Å². The molecule has 3 heterocycles. The Hall–Kier alpha value is -4.10.